The van der Waals surface area contributed by atoms with E-state index in [1.807, 2.05) is 65.8 Å². The van der Waals surface area contributed by atoms with Crippen LogP contribution in [0, 0.1) is 0 Å². The van der Waals surface area contributed by atoms with Gasteiger partial charge in [-0.05, 0) is 24.0 Å². The Hall–Kier alpha value is -1.87. The number of nitrogens with zero attached hydrogens (tertiary/aromatic N) is 2. The second-order valence-electron chi connectivity index (χ2n) is 6.67. The number of rotatable bonds is 7. The van der Waals surface area contributed by atoms with E-state index in [0.717, 1.165) is 16.1 Å². The van der Waals surface area contributed by atoms with E-state index in [0.29, 0.717) is 26.2 Å². The van der Waals surface area contributed by atoms with Crippen molar-refractivity contribution < 1.29 is 13.2 Å². The molecule has 0 saturated carbocycles. The molecule has 1 aliphatic rings. The molecule has 0 unspecified atom stereocenters. The van der Waals surface area contributed by atoms with Crippen LogP contribution in [0.25, 0.3) is 0 Å². The average Bonchev–Trinajstić information content (AvgIpc) is 2.69. The first-order valence-electron chi connectivity index (χ1n) is 9.15. The molecular formula is C20H25N3O3S2. The lowest BCUT2D eigenvalue weighted by molar-refractivity contribution is -0.117. The topological polar surface area (TPSA) is 69.7 Å². The summed E-state index contributed by atoms with van der Waals surface area (Å²) in [5.74, 6) is -0.0677. The van der Waals surface area contributed by atoms with Gasteiger partial charge in [-0.2, -0.15) is 4.31 Å². The largest absolute Gasteiger partial charge is 0.324 e. The van der Waals surface area contributed by atoms with Crippen molar-refractivity contribution in [2.24, 2.45) is 0 Å². The second-order valence-corrected chi connectivity index (χ2v) is 9.48. The van der Waals surface area contributed by atoms with Gasteiger partial charge in [-0.25, -0.2) is 8.42 Å². The number of benzene rings is 2. The second kappa shape index (κ2) is 9.56. The van der Waals surface area contributed by atoms with E-state index in [9.17, 15) is 13.2 Å². The molecule has 1 amide bonds. The Balaban J connectivity index is 1.50. The Kier molecular flexibility index (Phi) is 7.12. The molecule has 1 heterocycles. The van der Waals surface area contributed by atoms with Gasteiger partial charge in [0.1, 0.15) is 0 Å². The molecule has 0 atom stereocenters. The fourth-order valence-electron chi connectivity index (χ4n) is 3.18. The zero-order valence-corrected chi connectivity index (χ0v) is 17.5. The molecule has 0 aliphatic carbocycles. The maximum absolute atomic E-state index is 12.6. The molecule has 1 saturated heterocycles. The van der Waals surface area contributed by atoms with Crippen LogP contribution >= 0.6 is 11.8 Å². The standard InChI is InChI=1S/C20H25N3O3S2/c1-27-19-10-6-5-9-18(19)21-20(24)15-22-11-13-23(14-12-22)28(25,26)16-17-7-3-2-4-8-17/h2-10H,11-16H2,1H3,(H,21,24). The maximum Gasteiger partial charge on any atom is 0.238 e. The van der Waals surface area contributed by atoms with E-state index < -0.39 is 10.0 Å². The first-order chi connectivity index (χ1) is 13.5. The first-order valence-corrected chi connectivity index (χ1v) is 12.0. The van der Waals surface area contributed by atoms with E-state index in [-0.39, 0.29) is 18.2 Å². The molecular weight excluding hydrogens is 394 g/mol. The van der Waals surface area contributed by atoms with Crippen molar-refractivity contribution in [3.63, 3.8) is 0 Å². The lowest BCUT2D eigenvalue weighted by Crippen LogP contribution is -2.50. The molecule has 0 spiro atoms. The Bertz CT molecular complexity index is 896. The molecule has 2 aromatic carbocycles. The SMILES string of the molecule is CSc1ccccc1NC(=O)CN1CCN(S(=O)(=O)Cc2ccccc2)CC1. The fraction of sp³-hybridized carbons (Fsp3) is 0.350. The van der Waals surface area contributed by atoms with Crippen LogP contribution in [-0.2, 0) is 20.6 Å². The van der Waals surface area contributed by atoms with Crippen LogP contribution in [0.5, 0.6) is 0 Å². The monoisotopic (exact) mass is 419 g/mol. The van der Waals surface area contributed by atoms with E-state index in [1.54, 1.807) is 11.8 Å². The number of piperazine rings is 1. The summed E-state index contributed by atoms with van der Waals surface area (Å²) in [6.45, 7) is 2.17. The van der Waals surface area contributed by atoms with Gasteiger partial charge in [-0.15, -0.1) is 11.8 Å². The summed E-state index contributed by atoms with van der Waals surface area (Å²) in [5, 5.41) is 2.95. The van der Waals surface area contributed by atoms with E-state index in [2.05, 4.69) is 5.32 Å². The van der Waals surface area contributed by atoms with Gasteiger partial charge >= 0.3 is 0 Å². The quantitative estimate of drug-likeness (QED) is 0.699. The number of carbonyl (C=O) groups excluding carboxylic acids is 1. The number of carbonyl (C=O) groups is 1. The molecule has 1 aliphatic heterocycles. The number of amides is 1. The van der Waals surface area contributed by atoms with Crippen molar-refractivity contribution in [1.82, 2.24) is 9.21 Å². The first kappa shape index (κ1) is 20.9. The zero-order valence-electron chi connectivity index (χ0n) is 15.9. The Morgan fingerprint density at radius 3 is 2.32 bits per heavy atom. The van der Waals surface area contributed by atoms with Crippen molar-refractivity contribution in [2.75, 3.05) is 44.3 Å². The molecule has 0 aromatic heterocycles. The van der Waals surface area contributed by atoms with Crippen molar-refractivity contribution in [3.05, 3.63) is 60.2 Å². The van der Waals surface area contributed by atoms with Crippen LogP contribution in [0.4, 0.5) is 5.69 Å². The van der Waals surface area contributed by atoms with Crippen molar-refractivity contribution in [2.45, 2.75) is 10.6 Å². The molecule has 150 valence electrons. The summed E-state index contributed by atoms with van der Waals surface area (Å²) in [5.41, 5.74) is 1.60. The van der Waals surface area contributed by atoms with E-state index >= 15 is 0 Å². The van der Waals surface area contributed by atoms with Gasteiger partial charge in [0.25, 0.3) is 0 Å². The summed E-state index contributed by atoms with van der Waals surface area (Å²) < 4.78 is 26.8. The number of nitrogens with one attached hydrogen (secondary N) is 1. The predicted molar refractivity (Wildman–Crippen MR) is 114 cm³/mol. The van der Waals surface area contributed by atoms with E-state index in [1.165, 1.54) is 4.31 Å². The van der Waals surface area contributed by atoms with Gasteiger partial charge in [0.15, 0.2) is 0 Å². The van der Waals surface area contributed by atoms with Gasteiger partial charge in [0.2, 0.25) is 15.9 Å². The van der Waals surface area contributed by atoms with E-state index in [4.69, 9.17) is 0 Å². The highest BCUT2D eigenvalue weighted by molar-refractivity contribution is 7.98. The third kappa shape index (κ3) is 5.57. The highest BCUT2D eigenvalue weighted by atomic mass is 32.2. The third-order valence-corrected chi connectivity index (χ3v) is 7.31. The lowest BCUT2D eigenvalue weighted by Gasteiger charge is -2.33. The molecule has 0 bridgehead atoms. The van der Waals surface area contributed by atoms with Crippen LogP contribution < -0.4 is 5.32 Å². The summed E-state index contributed by atoms with van der Waals surface area (Å²) in [6, 6.07) is 16.9. The van der Waals surface area contributed by atoms with Crippen LogP contribution in [0.15, 0.2) is 59.5 Å². The maximum atomic E-state index is 12.6. The summed E-state index contributed by atoms with van der Waals surface area (Å²) >= 11 is 1.59. The number of thioether (sulfide) groups is 1. The minimum atomic E-state index is -3.34. The van der Waals surface area contributed by atoms with Gasteiger partial charge in [-0.3, -0.25) is 9.69 Å². The highest BCUT2D eigenvalue weighted by Crippen LogP contribution is 2.24. The molecule has 1 fully saturated rings. The Labute approximate surface area is 171 Å². The van der Waals surface area contributed by atoms with Crippen molar-refractivity contribution in [1.29, 1.82) is 0 Å². The highest BCUT2D eigenvalue weighted by Gasteiger charge is 2.27. The number of anilines is 1. The fourth-order valence-corrected chi connectivity index (χ4v) is 5.25. The van der Waals surface area contributed by atoms with Crippen LogP contribution in [0.3, 0.4) is 0 Å². The summed E-state index contributed by atoms with van der Waals surface area (Å²) in [4.78, 5) is 15.4. The number of hydrogen-bond donors (Lipinski definition) is 1. The Morgan fingerprint density at radius 2 is 1.64 bits per heavy atom. The molecule has 28 heavy (non-hydrogen) atoms. The third-order valence-electron chi connectivity index (χ3n) is 4.66. The molecule has 3 rings (SSSR count). The normalized spacial score (nSPS) is 16.0. The molecule has 6 nitrogen and oxygen atoms in total. The minimum Gasteiger partial charge on any atom is -0.324 e. The van der Waals surface area contributed by atoms with Gasteiger partial charge < -0.3 is 5.32 Å². The van der Waals surface area contributed by atoms with Crippen molar-refractivity contribution >= 4 is 33.4 Å². The lowest BCUT2D eigenvalue weighted by atomic mass is 10.2. The molecule has 8 heteroatoms. The summed E-state index contributed by atoms with van der Waals surface area (Å²) in [7, 11) is -3.34. The zero-order chi connectivity index (χ0) is 20.0. The molecule has 2 aromatic rings. The smallest absolute Gasteiger partial charge is 0.238 e. The number of para-hydroxylation sites is 1. The molecule has 1 N–H and O–H groups in total. The van der Waals surface area contributed by atoms with Crippen LogP contribution in [0.2, 0.25) is 0 Å². The van der Waals surface area contributed by atoms with Gasteiger partial charge in [0, 0.05) is 31.1 Å². The minimum absolute atomic E-state index is 0.0137. The number of hydrogen-bond acceptors (Lipinski definition) is 5. The van der Waals surface area contributed by atoms with Crippen LogP contribution in [0.1, 0.15) is 5.56 Å². The van der Waals surface area contributed by atoms with Crippen molar-refractivity contribution in [3.8, 4) is 0 Å². The van der Waals surface area contributed by atoms with Crippen LogP contribution in [-0.4, -0.2) is 62.5 Å². The number of sulfonamides is 1. The van der Waals surface area contributed by atoms with Gasteiger partial charge in [-0.1, -0.05) is 42.5 Å². The Morgan fingerprint density at radius 1 is 1.00 bits per heavy atom. The predicted octanol–water partition coefficient (Wildman–Crippen LogP) is 2.49. The summed E-state index contributed by atoms with van der Waals surface area (Å²) in [6.07, 6.45) is 1.97. The average molecular weight is 420 g/mol. The molecule has 0 radical (unpaired) electrons. The van der Waals surface area contributed by atoms with Gasteiger partial charge in [0.05, 0.1) is 18.0 Å².